The summed E-state index contributed by atoms with van der Waals surface area (Å²) in [7, 11) is 0. The van der Waals surface area contributed by atoms with E-state index in [1.807, 2.05) is 41.2 Å². The fourth-order valence-corrected chi connectivity index (χ4v) is 7.97. The summed E-state index contributed by atoms with van der Waals surface area (Å²) in [6, 6.07) is 10.0. The van der Waals surface area contributed by atoms with E-state index in [0.717, 1.165) is 56.2 Å². The van der Waals surface area contributed by atoms with Crippen LogP contribution in [0.5, 0.6) is 0 Å². The van der Waals surface area contributed by atoms with Crippen LogP contribution >= 0.6 is 0 Å². The lowest BCUT2D eigenvalue weighted by molar-refractivity contribution is -0.0238. The van der Waals surface area contributed by atoms with Crippen LogP contribution in [-0.2, 0) is 0 Å². The van der Waals surface area contributed by atoms with E-state index in [4.69, 9.17) is 5.10 Å². The molecule has 0 unspecified atom stereocenters. The number of benzene rings is 1. The number of aliphatic hydroxyl groups excluding tert-OH is 1. The summed E-state index contributed by atoms with van der Waals surface area (Å²) in [5, 5.41) is 15.2. The number of hydrogen-bond acceptors (Lipinski definition) is 3. The van der Waals surface area contributed by atoms with Gasteiger partial charge >= 0.3 is 0 Å². The minimum atomic E-state index is -0.157. The van der Waals surface area contributed by atoms with Crippen molar-refractivity contribution in [2.45, 2.75) is 64.9 Å². The second-order valence-electron chi connectivity index (χ2n) is 11.3. The monoisotopic (exact) mass is 442 g/mol. The van der Waals surface area contributed by atoms with Crippen molar-refractivity contribution in [2.24, 2.45) is 28.6 Å². The average Bonchev–Trinajstić information content (AvgIpc) is 3.40. The molecule has 2 saturated carbocycles. The lowest BCUT2D eigenvalue weighted by Gasteiger charge is -2.57. The molecule has 4 nitrogen and oxygen atoms in total. The Morgan fingerprint density at radius 3 is 2.61 bits per heavy atom. The average molecular weight is 443 g/mol. The second-order valence-corrected chi connectivity index (χ2v) is 11.3. The fourth-order valence-electron chi connectivity index (χ4n) is 7.97. The van der Waals surface area contributed by atoms with Gasteiger partial charge in [0.25, 0.3) is 0 Å². The molecule has 2 aromatic rings. The molecule has 0 radical (unpaired) electrons. The number of rotatable bonds is 3. The Balaban J connectivity index is 1.34. The van der Waals surface area contributed by atoms with E-state index in [9.17, 15) is 9.90 Å². The van der Waals surface area contributed by atoms with Crippen LogP contribution in [0.4, 0.5) is 0 Å². The van der Waals surface area contributed by atoms with Gasteiger partial charge in [0, 0.05) is 6.20 Å². The predicted octanol–water partition coefficient (Wildman–Crippen LogP) is 6.00. The van der Waals surface area contributed by atoms with Crippen LogP contribution in [0.15, 0.2) is 54.3 Å². The van der Waals surface area contributed by atoms with Crippen LogP contribution < -0.4 is 0 Å². The summed E-state index contributed by atoms with van der Waals surface area (Å²) in [4.78, 5) is 12.0. The largest absolute Gasteiger partial charge is 0.393 e. The van der Waals surface area contributed by atoms with E-state index in [0.29, 0.717) is 23.3 Å². The van der Waals surface area contributed by atoms with E-state index in [1.165, 1.54) is 17.6 Å². The van der Waals surface area contributed by atoms with Crippen molar-refractivity contribution in [3.8, 4) is 5.69 Å². The van der Waals surface area contributed by atoms with Crippen molar-refractivity contribution in [3.63, 3.8) is 0 Å². The molecule has 0 bridgehead atoms. The van der Waals surface area contributed by atoms with Crippen LogP contribution in [0.25, 0.3) is 11.3 Å². The van der Waals surface area contributed by atoms with Gasteiger partial charge in [0.2, 0.25) is 0 Å². The number of aldehydes is 1. The number of carbonyl (C=O) groups is 1. The van der Waals surface area contributed by atoms with Crippen molar-refractivity contribution in [3.05, 3.63) is 65.5 Å². The number of nitrogens with zero attached hydrogens (tertiary/aromatic N) is 2. The molecule has 1 heterocycles. The third-order valence-electron chi connectivity index (χ3n) is 9.80. The molecule has 6 rings (SSSR count). The summed E-state index contributed by atoms with van der Waals surface area (Å²) in [6.07, 6.45) is 15.0. The molecule has 0 amide bonds. The van der Waals surface area contributed by atoms with E-state index in [2.05, 4.69) is 26.0 Å². The van der Waals surface area contributed by atoms with Gasteiger partial charge in [-0.3, -0.25) is 4.79 Å². The molecule has 1 aromatic carbocycles. The van der Waals surface area contributed by atoms with Crippen LogP contribution in [0.1, 0.15) is 74.8 Å². The number of aliphatic hydroxyl groups is 1. The Labute approximate surface area is 196 Å². The van der Waals surface area contributed by atoms with E-state index in [1.54, 1.807) is 0 Å². The molecule has 0 spiro atoms. The summed E-state index contributed by atoms with van der Waals surface area (Å²) >= 11 is 0. The topological polar surface area (TPSA) is 55.1 Å². The molecule has 0 saturated heterocycles. The zero-order chi connectivity index (χ0) is 22.8. The molecular weight excluding hydrogens is 408 g/mol. The number of hydrogen-bond donors (Lipinski definition) is 1. The Morgan fingerprint density at radius 1 is 1.03 bits per heavy atom. The van der Waals surface area contributed by atoms with Crippen LogP contribution in [-0.4, -0.2) is 27.3 Å². The molecule has 0 aliphatic heterocycles. The number of allylic oxidation sites excluding steroid dienone is 3. The SMILES string of the molecule is C[C@]12CC[C@H](O)CC1=CC[C@@H]1[C@@H]2CC[C@]2(C)C(c3nn(-c4ccccc4)cc3C=O)=CC[C@@H]12. The second kappa shape index (κ2) is 7.53. The molecule has 4 aliphatic carbocycles. The fraction of sp³-hybridized carbons (Fsp3) is 0.517. The quantitative estimate of drug-likeness (QED) is 0.468. The molecule has 6 atom stereocenters. The highest BCUT2D eigenvalue weighted by Gasteiger charge is 2.57. The van der Waals surface area contributed by atoms with Gasteiger partial charge < -0.3 is 5.11 Å². The zero-order valence-corrected chi connectivity index (χ0v) is 19.7. The van der Waals surface area contributed by atoms with E-state index in [-0.39, 0.29) is 16.9 Å². The normalized spacial score (nSPS) is 37.4. The predicted molar refractivity (Wildman–Crippen MR) is 130 cm³/mol. The maximum atomic E-state index is 12.0. The molecular formula is C29H34N2O2. The van der Waals surface area contributed by atoms with E-state index < -0.39 is 0 Å². The van der Waals surface area contributed by atoms with Crippen molar-refractivity contribution in [1.82, 2.24) is 9.78 Å². The molecule has 172 valence electrons. The van der Waals surface area contributed by atoms with Gasteiger partial charge in [-0.05, 0) is 91.2 Å². The van der Waals surface area contributed by atoms with Crippen molar-refractivity contribution < 1.29 is 9.90 Å². The van der Waals surface area contributed by atoms with Gasteiger partial charge in [0.15, 0.2) is 6.29 Å². The van der Waals surface area contributed by atoms with Gasteiger partial charge in [-0.2, -0.15) is 5.10 Å². The highest BCUT2D eigenvalue weighted by Crippen LogP contribution is 2.66. The Kier molecular flexibility index (Phi) is 4.81. The van der Waals surface area contributed by atoms with Crippen LogP contribution in [0.3, 0.4) is 0 Å². The first-order valence-corrected chi connectivity index (χ1v) is 12.6. The highest BCUT2D eigenvalue weighted by molar-refractivity contribution is 5.86. The summed E-state index contributed by atoms with van der Waals surface area (Å²) < 4.78 is 1.85. The molecule has 2 fully saturated rings. The van der Waals surface area contributed by atoms with Gasteiger partial charge in [-0.1, -0.05) is 49.8 Å². The van der Waals surface area contributed by atoms with Gasteiger partial charge in [0.1, 0.15) is 0 Å². The lowest BCUT2D eigenvalue weighted by Crippen LogP contribution is -2.49. The van der Waals surface area contributed by atoms with Crippen molar-refractivity contribution in [2.75, 3.05) is 0 Å². The van der Waals surface area contributed by atoms with Gasteiger partial charge in [-0.25, -0.2) is 4.68 Å². The zero-order valence-electron chi connectivity index (χ0n) is 19.7. The molecule has 4 heteroatoms. The molecule has 4 aliphatic rings. The standard InChI is InChI=1S/C29H34N2O2/c1-28-14-12-22(33)16-20(28)8-9-23-24-10-11-26(29(24,2)15-13-25(23)28)27-19(18-32)17-31(30-27)21-6-4-3-5-7-21/h3-8,11,17-18,22-25,33H,9-10,12-16H2,1-2H3/t22-,23-,24-,25-,28-,29-/m0/s1. The molecule has 1 aromatic heterocycles. The van der Waals surface area contributed by atoms with Crippen molar-refractivity contribution >= 4 is 11.9 Å². The number of aromatic nitrogens is 2. The first-order valence-electron chi connectivity index (χ1n) is 12.6. The molecule has 1 N–H and O–H groups in total. The van der Waals surface area contributed by atoms with Gasteiger partial charge in [0.05, 0.1) is 23.0 Å². The maximum absolute atomic E-state index is 12.0. The Bertz CT molecular complexity index is 1150. The molecule has 33 heavy (non-hydrogen) atoms. The number of para-hydroxylation sites is 1. The third kappa shape index (κ3) is 3.06. The summed E-state index contributed by atoms with van der Waals surface area (Å²) in [5.41, 5.74) is 5.64. The first kappa shape index (κ1) is 21.1. The Morgan fingerprint density at radius 2 is 1.82 bits per heavy atom. The van der Waals surface area contributed by atoms with Crippen LogP contribution in [0.2, 0.25) is 0 Å². The Hall–Kier alpha value is -2.46. The van der Waals surface area contributed by atoms with Gasteiger partial charge in [-0.15, -0.1) is 0 Å². The number of carbonyl (C=O) groups excluding carboxylic acids is 1. The van der Waals surface area contributed by atoms with Crippen LogP contribution in [0, 0.1) is 28.6 Å². The smallest absolute Gasteiger partial charge is 0.153 e. The van der Waals surface area contributed by atoms with E-state index >= 15 is 0 Å². The highest BCUT2D eigenvalue weighted by atomic mass is 16.3. The maximum Gasteiger partial charge on any atom is 0.153 e. The summed E-state index contributed by atoms with van der Waals surface area (Å²) in [5.74, 6) is 1.95. The lowest BCUT2D eigenvalue weighted by atomic mass is 9.47. The summed E-state index contributed by atoms with van der Waals surface area (Å²) in [6.45, 7) is 4.90. The first-order chi connectivity index (χ1) is 15.9. The third-order valence-corrected chi connectivity index (χ3v) is 9.80. The number of fused-ring (bicyclic) bond motifs is 5. The minimum Gasteiger partial charge on any atom is -0.393 e. The van der Waals surface area contributed by atoms with Crippen molar-refractivity contribution in [1.29, 1.82) is 0 Å². The minimum absolute atomic E-state index is 0.0602.